The normalized spacial score (nSPS) is 11.2. The van der Waals surface area contributed by atoms with Gasteiger partial charge in [-0.3, -0.25) is 9.78 Å². The van der Waals surface area contributed by atoms with Crippen LogP contribution in [0.25, 0.3) is 22.7 Å². The molecule has 0 atom stereocenters. The molecule has 0 radical (unpaired) electrons. The predicted molar refractivity (Wildman–Crippen MR) is 63.9 cm³/mol. The van der Waals surface area contributed by atoms with Gasteiger partial charge in [0, 0.05) is 6.92 Å². The Morgan fingerprint density at radius 2 is 1.94 bits per heavy atom. The largest absolute Gasteiger partial charge is 0.437 e. The molecule has 92 valence electrons. The Morgan fingerprint density at radius 3 is 2.61 bits per heavy atom. The van der Waals surface area contributed by atoms with E-state index in [1.54, 1.807) is 13.8 Å². The van der Waals surface area contributed by atoms with Crippen molar-refractivity contribution in [3.05, 3.63) is 21.9 Å². The van der Waals surface area contributed by atoms with Crippen molar-refractivity contribution in [3.8, 4) is 11.6 Å². The summed E-state index contributed by atoms with van der Waals surface area (Å²) >= 11 is 0. The van der Waals surface area contributed by atoms with Gasteiger partial charge in [-0.1, -0.05) is 0 Å². The van der Waals surface area contributed by atoms with Crippen molar-refractivity contribution >= 4 is 17.1 Å². The number of rotatable bonds is 1. The van der Waals surface area contributed by atoms with Gasteiger partial charge in [0.1, 0.15) is 0 Å². The molecule has 0 aliphatic rings. The Kier molecular flexibility index (Phi) is 2.00. The van der Waals surface area contributed by atoms with E-state index in [0.717, 1.165) is 0 Å². The molecule has 0 saturated heterocycles. The molecule has 0 unspecified atom stereocenters. The van der Waals surface area contributed by atoms with Crippen LogP contribution in [0.15, 0.2) is 9.21 Å². The molecule has 0 aliphatic heterocycles. The number of aromatic amines is 2. The van der Waals surface area contributed by atoms with Crippen molar-refractivity contribution in [1.29, 1.82) is 0 Å². The van der Waals surface area contributed by atoms with E-state index in [1.165, 1.54) is 0 Å². The summed E-state index contributed by atoms with van der Waals surface area (Å²) in [6, 6.07) is 0. The zero-order chi connectivity index (χ0) is 12.9. The third-order valence-corrected chi connectivity index (χ3v) is 2.50. The van der Waals surface area contributed by atoms with Crippen molar-refractivity contribution in [2.45, 2.75) is 13.8 Å². The number of aryl methyl sites for hydroxylation is 2. The first kappa shape index (κ1) is 10.5. The van der Waals surface area contributed by atoms with Gasteiger partial charge in [-0.2, -0.15) is 4.98 Å². The van der Waals surface area contributed by atoms with E-state index in [9.17, 15) is 4.79 Å². The average Bonchev–Trinajstić information content (AvgIpc) is 2.81. The molecule has 0 aromatic carbocycles. The monoisotopic (exact) mass is 246 g/mol. The van der Waals surface area contributed by atoms with Gasteiger partial charge in [-0.25, -0.2) is 9.97 Å². The van der Waals surface area contributed by atoms with Gasteiger partial charge in [0.2, 0.25) is 5.95 Å². The number of aromatic nitrogens is 5. The number of hydrogen-bond acceptors (Lipinski definition) is 6. The third-order valence-electron chi connectivity index (χ3n) is 2.50. The summed E-state index contributed by atoms with van der Waals surface area (Å²) in [5, 5.41) is 0. The molecule has 0 spiro atoms. The molecule has 0 saturated carbocycles. The number of nitrogen functional groups attached to an aromatic ring is 1. The lowest BCUT2D eigenvalue weighted by Gasteiger charge is -1.89. The van der Waals surface area contributed by atoms with Crippen molar-refractivity contribution in [2.75, 3.05) is 5.73 Å². The van der Waals surface area contributed by atoms with Crippen LogP contribution in [0.3, 0.4) is 0 Å². The Morgan fingerprint density at radius 1 is 1.17 bits per heavy atom. The summed E-state index contributed by atoms with van der Waals surface area (Å²) < 4.78 is 5.42. The lowest BCUT2D eigenvalue weighted by molar-refractivity contribution is 0.531. The average molecular weight is 246 g/mol. The zero-order valence-electron chi connectivity index (χ0n) is 9.74. The Bertz CT molecular complexity index is 796. The first-order valence-corrected chi connectivity index (χ1v) is 5.24. The summed E-state index contributed by atoms with van der Waals surface area (Å²) in [7, 11) is 0. The summed E-state index contributed by atoms with van der Waals surface area (Å²) in [6.07, 6.45) is 0. The number of nitrogens with one attached hydrogen (secondary N) is 2. The van der Waals surface area contributed by atoms with Crippen LogP contribution in [0.4, 0.5) is 5.95 Å². The van der Waals surface area contributed by atoms with Crippen LogP contribution in [0.5, 0.6) is 0 Å². The predicted octanol–water partition coefficient (Wildman–Crippen LogP) is 0.500. The van der Waals surface area contributed by atoms with Crippen LogP contribution in [0, 0.1) is 13.8 Å². The topological polar surface area (TPSA) is 126 Å². The lowest BCUT2D eigenvalue weighted by Crippen LogP contribution is -2.10. The number of oxazole rings is 1. The highest BCUT2D eigenvalue weighted by Gasteiger charge is 2.16. The van der Waals surface area contributed by atoms with E-state index in [0.29, 0.717) is 23.2 Å². The van der Waals surface area contributed by atoms with Gasteiger partial charge < -0.3 is 15.1 Å². The Hall–Kier alpha value is -2.64. The van der Waals surface area contributed by atoms with E-state index in [-0.39, 0.29) is 22.7 Å². The fourth-order valence-electron chi connectivity index (χ4n) is 1.78. The molecule has 3 aromatic heterocycles. The van der Waals surface area contributed by atoms with Gasteiger partial charge in [-0.15, -0.1) is 0 Å². The quantitative estimate of drug-likeness (QED) is 0.573. The Labute approximate surface area is 100 Å². The molecule has 3 aromatic rings. The molecular formula is C10H10N6O2. The Balaban J connectivity index is 2.29. The minimum Gasteiger partial charge on any atom is -0.437 e. The van der Waals surface area contributed by atoms with Crippen LogP contribution in [-0.2, 0) is 0 Å². The lowest BCUT2D eigenvalue weighted by atomic mass is 10.3. The van der Waals surface area contributed by atoms with Crippen LogP contribution in [0.1, 0.15) is 11.6 Å². The first-order chi connectivity index (χ1) is 8.54. The van der Waals surface area contributed by atoms with Crippen LogP contribution < -0.4 is 11.3 Å². The fourth-order valence-corrected chi connectivity index (χ4v) is 1.78. The van der Waals surface area contributed by atoms with E-state index in [1.807, 2.05) is 0 Å². The van der Waals surface area contributed by atoms with Crippen molar-refractivity contribution in [2.24, 2.45) is 0 Å². The molecule has 8 heteroatoms. The number of nitrogens with two attached hydrogens (primary N) is 1. The molecule has 3 rings (SSSR count). The smallest absolute Gasteiger partial charge is 0.278 e. The minimum absolute atomic E-state index is 0.0241. The highest BCUT2D eigenvalue weighted by Crippen LogP contribution is 2.22. The zero-order valence-corrected chi connectivity index (χ0v) is 9.74. The summed E-state index contributed by atoms with van der Waals surface area (Å²) in [4.78, 5) is 29.1. The van der Waals surface area contributed by atoms with E-state index in [2.05, 4.69) is 24.9 Å². The molecule has 0 bridgehead atoms. The standard InChI is InChI=1S/C10H10N6O2/c1-3-6(18-4(2)12-3)8-13-5-7(14-8)15-10(11)16-9(5)17/h1-2H3,(H4,11,13,14,15,16,17). The number of H-pyrrole nitrogens is 2. The van der Waals surface area contributed by atoms with Gasteiger partial charge >= 0.3 is 0 Å². The van der Waals surface area contributed by atoms with Gasteiger partial charge in [0.05, 0.1) is 5.69 Å². The maximum atomic E-state index is 11.6. The summed E-state index contributed by atoms with van der Waals surface area (Å²) in [6.45, 7) is 3.53. The molecule has 18 heavy (non-hydrogen) atoms. The molecule has 0 aliphatic carbocycles. The maximum absolute atomic E-state index is 11.6. The molecule has 0 amide bonds. The van der Waals surface area contributed by atoms with E-state index >= 15 is 0 Å². The van der Waals surface area contributed by atoms with Crippen molar-refractivity contribution in [3.63, 3.8) is 0 Å². The number of nitrogens with zero attached hydrogens (tertiary/aromatic N) is 3. The van der Waals surface area contributed by atoms with Crippen LogP contribution in [0.2, 0.25) is 0 Å². The van der Waals surface area contributed by atoms with Crippen molar-refractivity contribution < 1.29 is 4.42 Å². The molecular weight excluding hydrogens is 236 g/mol. The number of hydrogen-bond donors (Lipinski definition) is 3. The van der Waals surface area contributed by atoms with Gasteiger partial charge in [0.15, 0.2) is 28.6 Å². The molecule has 4 N–H and O–H groups in total. The second-order valence-electron chi connectivity index (χ2n) is 3.88. The van der Waals surface area contributed by atoms with Crippen LogP contribution in [-0.4, -0.2) is 24.9 Å². The summed E-state index contributed by atoms with van der Waals surface area (Å²) in [5.74, 6) is 1.45. The second-order valence-corrected chi connectivity index (χ2v) is 3.88. The van der Waals surface area contributed by atoms with Gasteiger partial charge in [-0.05, 0) is 6.92 Å². The maximum Gasteiger partial charge on any atom is 0.278 e. The van der Waals surface area contributed by atoms with Crippen molar-refractivity contribution in [1.82, 2.24) is 24.9 Å². The van der Waals surface area contributed by atoms with Gasteiger partial charge in [0.25, 0.3) is 5.56 Å². The number of anilines is 1. The van der Waals surface area contributed by atoms with Crippen LogP contribution >= 0.6 is 0 Å². The van der Waals surface area contributed by atoms with E-state index < -0.39 is 0 Å². The highest BCUT2D eigenvalue weighted by molar-refractivity contribution is 5.74. The number of imidazole rings is 1. The molecule has 8 nitrogen and oxygen atoms in total. The third kappa shape index (κ3) is 1.46. The first-order valence-electron chi connectivity index (χ1n) is 5.24. The SMILES string of the molecule is Cc1nc(C)c(-c2nc3nc(N)[nH]c(=O)c3[nH]2)o1. The number of fused-ring (bicyclic) bond motifs is 1. The molecule has 0 fully saturated rings. The fraction of sp³-hybridized carbons (Fsp3) is 0.200. The highest BCUT2D eigenvalue weighted by atomic mass is 16.4. The second kappa shape index (κ2) is 3.42. The molecule has 3 heterocycles. The van der Waals surface area contributed by atoms with E-state index in [4.69, 9.17) is 10.2 Å². The minimum atomic E-state index is -0.370. The summed E-state index contributed by atoms with van der Waals surface area (Å²) in [5.41, 5.74) is 6.28.